The number of carbonyl (C=O) groups excluding carboxylic acids is 2. The monoisotopic (exact) mass is 328 g/mol. The van der Waals surface area contributed by atoms with Gasteiger partial charge in [0.2, 0.25) is 5.91 Å². The van der Waals surface area contributed by atoms with E-state index >= 15 is 0 Å². The Morgan fingerprint density at radius 1 is 1.37 bits per heavy atom. The van der Waals surface area contributed by atoms with Gasteiger partial charge in [-0.15, -0.1) is 0 Å². The molecule has 1 aromatic rings. The van der Waals surface area contributed by atoms with Crippen LogP contribution in [0, 0.1) is 0 Å². The van der Waals surface area contributed by atoms with Crippen molar-refractivity contribution >= 4 is 27.7 Å². The number of benzene rings is 1. The van der Waals surface area contributed by atoms with E-state index in [-0.39, 0.29) is 11.8 Å². The fraction of sp³-hybridized carbons (Fsp3) is 0.385. The number of hydrogen-bond donors (Lipinski definition) is 1. The quantitative estimate of drug-likeness (QED) is 0.914. The zero-order valence-corrected chi connectivity index (χ0v) is 12.9. The minimum Gasteiger partial charge on any atom is -0.497 e. The van der Waals surface area contributed by atoms with Crippen molar-refractivity contribution in [2.75, 3.05) is 21.2 Å². The molecule has 0 fully saturated rings. The number of nitrogens with one attached hydrogen (secondary N) is 1. The maximum atomic E-state index is 12.1. The maximum absolute atomic E-state index is 12.1. The van der Waals surface area contributed by atoms with Crippen molar-refractivity contribution in [2.24, 2.45) is 0 Å². The third-order valence-electron chi connectivity index (χ3n) is 2.58. The second-order valence-electron chi connectivity index (χ2n) is 4.27. The molecule has 1 unspecified atom stereocenters. The van der Waals surface area contributed by atoms with Gasteiger partial charge in [0.1, 0.15) is 11.8 Å². The molecule has 5 nitrogen and oxygen atoms in total. The lowest BCUT2D eigenvalue weighted by molar-refractivity contribution is -0.130. The summed E-state index contributed by atoms with van der Waals surface area (Å²) in [6.45, 7) is 1.65. The highest BCUT2D eigenvalue weighted by molar-refractivity contribution is 9.10. The fourth-order valence-electron chi connectivity index (χ4n) is 1.53. The minimum atomic E-state index is -0.583. The van der Waals surface area contributed by atoms with Crippen LogP contribution >= 0.6 is 15.9 Å². The average Bonchev–Trinajstić information content (AvgIpc) is 2.37. The Balaban J connectivity index is 2.86. The van der Waals surface area contributed by atoms with Crippen molar-refractivity contribution in [3.05, 3.63) is 28.2 Å². The van der Waals surface area contributed by atoms with Gasteiger partial charge >= 0.3 is 0 Å². The first-order chi connectivity index (χ1) is 8.86. The Bertz CT molecular complexity index is 489. The summed E-state index contributed by atoms with van der Waals surface area (Å²) in [5.41, 5.74) is 0.428. The van der Waals surface area contributed by atoms with Crippen LogP contribution in [0.25, 0.3) is 0 Å². The van der Waals surface area contributed by atoms with E-state index in [4.69, 9.17) is 4.74 Å². The maximum Gasteiger partial charge on any atom is 0.253 e. The highest BCUT2D eigenvalue weighted by Gasteiger charge is 2.19. The molecule has 0 heterocycles. The lowest BCUT2D eigenvalue weighted by Crippen LogP contribution is -2.44. The average molecular weight is 329 g/mol. The number of carbonyl (C=O) groups is 2. The summed E-state index contributed by atoms with van der Waals surface area (Å²) in [5, 5.41) is 2.65. The second kappa shape index (κ2) is 6.56. The standard InChI is InChI=1S/C13H17BrN2O3/c1-8(13(18)16(2)3)15-12(17)10-7-9(19-4)5-6-11(10)14/h5-8H,1-4H3,(H,15,17). The van der Waals surface area contributed by atoms with Crippen molar-refractivity contribution in [1.29, 1.82) is 0 Å². The Kier molecular flexibility index (Phi) is 5.35. The normalized spacial score (nSPS) is 11.6. The number of nitrogens with zero attached hydrogens (tertiary/aromatic N) is 1. The molecule has 0 aliphatic heterocycles. The highest BCUT2D eigenvalue weighted by atomic mass is 79.9. The third kappa shape index (κ3) is 3.96. The lowest BCUT2D eigenvalue weighted by Gasteiger charge is -2.18. The molecule has 0 saturated heterocycles. The van der Waals surface area contributed by atoms with Gasteiger partial charge in [0.05, 0.1) is 12.7 Å². The van der Waals surface area contributed by atoms with E-state index in [2.05, 4.69) is 21.2 Å². The summed E-state index contributed by atoms with van der Waals surface area (Å²) in [6, 6.07) is 4.51. The minimum absolute atomic E-state index is 0.160. The fourth-order valence-corrected chi connectivity index (χ4v) is 1.96. The molecule has 2 amide bonds. The molecule has 0 spiro atoms. The van der Waals surface area contributed by atoms with E-state index in [0.29, 0.717) is 15.8 Å². The molecule has 6 heteroatoms. The number of halogens is 1. The SMILES string of the molecule is COc1ccc(Br)c(C(=O)NC(C)C(=O)N(C)C)c1. The number of ether oxygens (including phenoxy) is 1. The molecule has 0 saturated carbocycles. The molecule has 1 aromatic carbocycles. The van der Waals surface area contributed by atoms with Crippen LogP contribution in [0.5, 0.6) is 5.75 Å². The number of amides is 2. The Morgan fingerprint density at radius 3 is 2.53 bits per heavy atom. The molecular formula is C13H17BrN2O3. The van der Waals surface area contributed by atoms with Crippen LogP contribution in [0.2, 0.25) is 0 Å². The van der Waals surface area contributed by atoms with E-state index in [1.165, 1.54) is 12.0 Å². The Hall–Kier alpha value is -1.56. The van der Waals surface area contributed by atoms with Crippen LogP contribution in [0.4, 0.5) is 0 Å². The van der Waals surface area contributed by atoms with E-state index in [9.17, 15) is 9.59 Å². The molecule has 19 heavy (non-hydrogen) atoms. The lowest BCUT2D eigenvalue weighted by atomic mass is 10.2. The van der Waals surface area contributed by atoms with Crippen LogP contribution < -0.4 is 10.1 Å². The molecule has 0 radical (unpaired) electrons. The molecule has 0 aliphatic rings. The van der Waals surface area contributed by atoms with Gasteiger partial charge in [-0.25, -0.2) is 0 Å². The molecule has 0 aromatic heterocycles. The largest absolute Gasteiger partial charge is 0.497 e. The first-order valence-corrected chi connectivity index (χ1v) is 6.51. The van der Waals surface area contributed by atoms with Crippen molar-refractivity contribution in [3.8, 4) is 5.75 Å². The second-order valence-corrected chi connectivity index (χ2v) is 5.13. The molecule has 1 atom stereocenters. The number of methoxy groups -OCH3 is 1. The van der Waals surface area contributed by atoms with Crippen LogP contribution in [-0.2, 0) is 4.79 Å². The molecule has 1 N–H and O–H groups in total. The Morgan fingerprint density at radius 2 is 2.00 bits per heavy atom. The summed E-state index contributed by atoms with van der Waals surface area (Å²) in [5.74, 6) is 0.0979. The van der Waals surface area contributed by atoms with Gasteiger partial charge in [0.15, 0.2) is 0 Å². The molecule has 1 rings (SSSR count). The van der Waals surface area contributed by atoms with Crippen LogP contribution in [-0.4, -0.2) is 44.0 Å². The van der Waals surface area contributed by atoms with Crippen molar-refractivity contribution < 1.29 is 14.3 Å². The van der Waals surface area contributed by atoms with Gasteiger partial charge in [-0.05, 0) is 41.1 Å². The van der Waals surface area contributed by atoms with Gasteiger partial charge in [-0.1, -0.05) is 0 Å². The smallest absolute Gasteiger partial charge is 0.253 e. The Labute approximate surface area is 121 Å². The van der Waals surface area contributed by atoms with E-state index in [1.54, 1.807) is 39.2 Å². The zero-order chi connectivity index (χ0) is 14.6. The van der Waals surface area contributed by atoms with Gasteiger partial charge < -0.3 is 15.0 Å². The number of hydrogen-bond acceptors (Lipinski definition) is 3. The predicted octanol–water partition coefficient (Wildman–Crippen LogP) is 1.66. The molecule has 0 bridgehead atoms. The van der Waals surface area contributed by atoms with Gasteiger partial charge in [0.25, 0.3) is 5.91 Å². The van der Waals surface area contributed by atoms with Gasteiger partial charge in [0, 0.05) is 18.6 Å². The first kappa shape index (κ1) is 15.5. The molecule has 0 aliphatic carbocycles. The number of likely N-dealkylation sites (N-methyl/N-ethyl adjacent to an activating group) is 1. The van der Waals surface area contributed by atoms with Gasteiger partial charge in [-0.3, -0.25) is 9.59 Å². The van der Waals surface area contributed by atoms with Crippen molar-refractivity contribution in [1.82, 2.24) is 10.2 Å². The highest BCUT2D eigenvalue weighted by Crippen LogP contribution is 2.22. The topological polar surface area (TPSA) is 58.6 Å². The summed E-state index contributed by atoms with van der Waals surface area (Å²) >= 11 is 3.30. The van der Waals surface area contributed by atoms with E-state index in [1.807, 2.05) is 0 Å². The summed E-state index contributed by atoms with van der Waals surface area (Å²) < 4.78 is 5.72. The summed E-state index contributed by atoms with van der Waals surface area (Å²) in [6.07, 6.45) is 0. The van der Waals surface area contributed by atoms with Crippen molar-refractivity contribution in [3.63, 3.8) is 0 Å². The number of rotatable bonds is 4. The van der Waals surface area contributed by atoms with Crippen LogP contribution in [0.3, 0.4) is 0 Å². The molecule has 104 valence electrons. The van der Waals surface area contributed by atoms with Crippen molar-refractivity contribution in [2.45, 2.75) is 13.0 Å². The van der Waals surface area contributed by atoms with Gasteiger partial charge in [-0.2, -0.15) is 0 Å². The summed E-state index contributed by atoms with van der Waals surface area (Å²) in [7, 11) is 4.82. The predicted molar refractivity (Wildman–Crippen MR) is 76.3 cm³/mol. The summed E-state index contributed by atoms with van der Waals surface area (Å²) in [4.78, 5) is 25.2. The molecular weight excluding hydrogens is 312 g/mol. The zero-order valence-electron chi connectivity index (χ0n) is 11.4. The van der Waals surface area contributed by atoms with E-state index < -0.39 is 6.04 Å². The van der Waals surface area contributed by atoms with Crippen LogP contribution in [0.1, 0.15) is 17.3 Å². The third-order valence-corrected chi connectivity index (χ3v) is 3.27. The first-order valence-electron chi connectivity index (χ1n) is 5.72. The van der Waals surface area contributed by atoms with Crippen LogP contribution in [0.15, 0.2) is 22.7 Å². The van der Waals surface area contributed by atoms with E-state index in [0.717, 1.165) is 0 Å².